The molecule has 1 aliphatic rings. The molecule has 0 bridgehead atoms. The average molecular weight is 305 g/mol. The molecule has 5 nitrogen and oxygen atoms in total. The number of piperidine rings is 1. The number of nitrogen functional groups attached to an aromatic ring is 1. The molecule has 1 fully saturated rings. The molecule has 1 aliphatic heterocycles. The maximum Gasteiger partial charge on any atom is 0.243 e. The van der Waals surface area contributed by atoms with E-state index in [0.717, 1.165) is 0 Å². The van der Waals surface area contributed by atoms with Crippen LogP contribution in [0.3, 0.4) is 0 Å². The van der Waals surface area contributed by atoms with E-state index in [0.29, 0.717) is 25.2 Å². The van der Waals surface area contributed by atoms with Crippen molar-refractivity contribution in [1.82, 2.24) is 4.31 Å². The topological polar surface area (TPSA) is 83.6 Å². The monoisotopic (exact) mass is 304 g/mol. The third-order valence-corrected chi connectivity index (χ3v) is 5.62. The Kier molecular flexibility index (Phi) is 4.06. The van der Waals surface area contributed by atoms with Crippen molar-refractivity contribution in [3.05, 3.63) is 23.2 Å². The first-order chi connectivity index (χ1) is 8.82. The number of nitrogens with zero attached hydrogens (tertiary/aromatic N) is 1. The van der Waals surface area contributed by atoms with Crippen LogP contribution in [-0.4, -0.2) is 37.0 Å². The quantitative estimate of drug-likeness (QED) is 0.807. The highest BCUT2D eigenvalue weighted by Crippen LogP contribution is 2.27. The highest BCUT2D eigenvalue weighted by atomic mass is 35.5. The van der Waals surface area contributed by atoms with E-state index < -0.39 is 16.1 Å². The fourth-order valence-electron chi connectivity index (χ4n) is 2.13. The predicted octanol–water partition coefficient (Wildman–Crippen LogP) is 1.31. The molecule has 0 saturated carbocycles. The number of anilines is 1. The zero-order chi connectivity index (χ0) is 14.2. The molecular formula is C12H17ClN2O3S. The minimum atomic E-state index is -3.58. The number of nitrogens with two attached hydrogens (primary N) is 1. The molecule has 0 aliphatic carbocycles. The molecule has 106 valence electrons. The first-order valence-corrected chi connectivity index (χ1v) is 7.87. The molecule has 1 aromatic rings. The van der Waals surface area contributed by atoms with Crippen LogP contribution in [0.1, 0.15) is 13.3 Å². The molecular weight excluding hydrogens is 288 g/mol. The number of aliphatic hydroxyl groups is 1. The number of sulfonamides is 1. The van der Waals surface area contributed by atoms with Crippen LogP contribution >= 0.6 is 11.6 Å². The van der Waals surface area contributed by atoms with Gasteiger partial charge in [0.2, 0.25) is 10.0 Å². The Hall–Kier alpha value is -0.820. The lowest BCUT2D eigenvalue weighted by atomic mass is 9.99. The van der Waals surface area contributed by atoms with Crippen LogP contribution in [0.2, 0.25) is 5.02 Å². The molecule has 0 amide bonds. The van der Waals surface area contributed by atoms with Gasteiger partial charge in [-0.2, -0.15) is 4.31 Å². The second-order valence-electron chi connectivity index (χ2n) is 4.88. The zero-order valence-electron chi connectivity index (χ0n) is 10.6. The van der Waals surface area contributed by atoms with Crippen LogP contribution in [0.5, 0.6) is 0 Å². The lowest BCUT2D eigenvalue weighted by molar-refractivity contribution is 0.0628. The second kappa shape index (κ2) is 5.28. The summed E-state index contributed by atoms with van der Waals surface area (Å²) in [6, 6.07) is 4.30. The number of benzene rings is 1. The fraction of sp³-hybridized carbons (Fsp3) is 0.500. The van der Waals surface area contributed by atoms with Gasteiger partial charge in [-0.05, 0) is 30.5 Å². The van der Waals surface area contributed by atoms with Crippen molar-refractivity contribution in [3.63, 3.8) is 0 Å². The largest absolute Gasteiger partial charge is 0.398 e. The third kappa shape index (κ3) is 2.86. The Morgan fingerprint density at radius 1 is 1.47 bits per heavy atom. The van der Waals surface area contributed by atoms with Crippen molar-refractivity contribution in [2.75, 3.05) is 18.8 Å². The lowest BCUT2D eigenvalue weighted by Gasteiger charge is -2.33. The van der Waals surface area contributed by atoms with Gasteiger partial charge in [-0.25, -0.2) is 8.42 Å². The maximum atomic E-state index is 12.4. The van der Waals surface area contributed by atoms with Crippen LogP contribution < -0.4 is 5.73 Å². The van der Waals surface area contributed by atoms with Crippen LogP contribution in [0.4, 0.5) is 5.69 Å². The van der Waals surface area contributed by atoms with E-state index in [-0.39, 0.29) is 15.8 Å². The van der Waals surface area contributed by atoms with E-state index in [1.807, 2.05) is 6.92 Å². The molecule has 1 aromatic carbocycles. The zero-order valence-corrected chi connectivity index (χ0v) is 12.2. The van der Waals surface area contributed by atoms with Gasteiger partial charge in [0.25, 0.3) is 0 Å². The van der Waals surface area contributed by atoms with E-state index in [4.69, 9.17) is 17.3 Å². The second-order valence-corrected chi connectivity index (χ2v) is 7.22. The van der Waals surface area contributed by atoms with Crippen LogP contribution in [0.15, 0.2) is 23.1 Å². The number of aliphatic hydroxyl groups excluding tert-OH is 1. The normalized spacial score (nSPS) is 25.4. The van der Waals surface area contributed by atoms with Crippen molar-refractivity contribution in [2.24, 2.45) is 5.92 Å². The van der Waals surface area contributed by atoms with Crippen molar-refractivity contribution in [3.8, 4) is 0 Å². The predicted molar refractivity (Wildman–Crippen MR) is 74.4 cm³/mol. The first kappa shape index (κ1) is 14.6. The molecule has 0 spiro atoms. The first-order valence-electron chi connectivity index (χ1n) is 6.05. The van der Waals surface area contributed by atoms with Crippen molar-refractivity contribution in [1.29, 1.82) is 0 Å². The Bertz CT molecular complexity index is 576. The lowest BCUT2D eigenvalue weighted by Crippen LogP contribution is -2.44. The minimum Gasteiger partial charge on any atom is -0.398 e. The molecule has 0 radical (unpaired) electrons. The van der Waals surface area contributed by atoms with Gasteiger partial charge in [0, 0.05) is 13.1 Å². The number of hydrogen-bond acceptors (Lipinski definition) is 4. The summed E-state index contributed by atoms with van der Waals surface area (Å²) in [6.07, 6.45) is 0.00442. The summed E-state index contributed by atoms with van der Waals surface area (Å²) in [6.45, 7) is 2.46. The Morgan fingerprint density at radius 2 is 2.16 bits per heavy atom. The van der Waals surface area contributed by atoms with Crippen molar-refractivity contribution >= 4 is 27.3 Å². The van der Waals surface area contributed by atoms with E-state index in [2.05, 4.69) is 0 Å². The summed E-state index contributed by atoms with van der Waals surface area (Å²) in [5, 5.41) is 9.88. The van der Waals surface area contributed by atoms with E-state index in [1.165, 1.54) is 22.5 Å². The molecule has 19 heavy (non-hydrogen) atoms. The SMILES string of the molecule is CC1CN(S(=O)(=O)c2ccc(N)c(Cl)c2)CCC1O. The molecule has 1 saturated heterocycles. The molecule has 0 aromatic heterocycles. The smallest absolute Gasteiger partial charge is 0.243 e. The number of hydrogen-bond donors (Lipinski definition) is 2. The van der Waals surface area contributed by atoms with E-state index >= 15 is 0 Å². The molecule has 3 N–H and O–H groups in total. The number of rotatable bonds is 2. The number of halogens is 1. The summed E-state index contributed by atoms with van der Waals surface area (Å²) in [5.74, 6) is -0.0761. The fourth-order valence-corrected chi connectivity index (χ4v) is 3.96. The summed E-state index contributed by atoms with van der Waals surface area (Å²) < 4.78 is 26.3. The highest BCUT2D eigenvalue weighted by molar-refractivity contribution is 7.89. The Labute approximate surface area is 118 Å². The van der Waals surface area contributed by atoms with Gasteiger partial charge in [-0.1, -0.05) is 18.5 Å². The molecule has 2 atom stereocenters. The molecule has 2 unspecified atom stereocenters. The van der Waals surface area contributed by atoms with Gasteiger partial charge in [-0.3, -0.25) is 0 Å². The van der Waals surface area contributed by atoms with E-state index in [9.17, 15) is 13.5 Å². The standard InChI is InChI=1S/C12H17ClN2O3S/c1-8-7-15(5-4-12(8)16)19(17,18)9-2-3-11(14)10(13)6-9/h2-3,6,8,12,16H,4-5,7,14H2,1H3. The van der Waals surface area contributed by atoms with E-state index in [1.54, 1.807) is 0 Å². The van der Waals surface area contributed by atoms with Gasteiger partial charge in [0.15, 0.2) is 0 Å². The van der Waals surface area contributed by atoms with Gasteiger partial charge in [0.05, 0.1) is 21.7 Å². The van der Waals surface area contributed by atoms with Crippen molar-refractivity contribution < 1.29 is 13.5 Å². The van der Waals surface area contributed by atoms with Gasteiger partial charge in [-0.15, -0.1) is 0 Å². The average Bonchev–Trinajstić information content (AvgIpc) is 2.35. The van der Waals surface area contributed by atoms with Gasteiger partial charge in [0.1, 0.15) is 0 Å². The summed E-state index contributed by atoms with van der Waals surface area (Å²) >= 11 is 5.86. The van der Waals surface area contributed by atoms with Crippen LogP contribution in [-0.2, 0) is 10.0 Å². The molecule has 7 heteroatoms. The summed E-state index contributed by atoms with van der Waals surface area (Å²) in [7, 11) is -3.58. The van der Waals surface area contributed by atoms with Crippen molar-refractivity contribution in [2.45, 2.75) is 24.3 Å². The Morgan fingerprint density at radius 3 is 2.74 bits per heavy atom. The molecule has 2 rings (SSSR count). The Balaban J connectivity index is 2.29. The molecule has 1 heterocycles. The maximum absolute atomic E-state index is 12.4. The summed E-state index contributed by atoms with van der Waals surface area (Å²) in [5.41, 5.74) is 5.93. The van der Waals surface area contributed by atoms with Gasteiger partial charge < -0.3 is 10.8 Å². The van der Waals surface area contributed by atoms with Crippen LogP contribution in [0, 0.1) is 5.92 Å². The summed E-state index contributed by atoms with van der Waals surface area (Å²) in [4.78, 5) is 0.135. The third-order valence-electron chi connectivity index (χ3n) is 3.43. The minimum absolute atomic E-state index is 0.0761. The highest BCUT2D eigenvalue weighted by Gasteiger charge is 2.32. The van der Waals surface area contributed by atoms with Gasteiger partial charge >= 0.3 is 0 Å². The van der Waals surface area contributed by atoms with Crippen LogP contribution in [0.25, 0.3) is 0 Å².